The van der Waals surface area contributed by atoms with Gasteiger partial charge in [-0.15, -0.1) is 0 Å². The second-order valence-corrected chi connectivity index (χ2v) is 4.70. The highest BCUT2D eigenvalue weighted by atomic mass is 32.1. The number of halogens is 1. The maximum Gasteiger partial charge on any atom is 0.251 e. The molecule has 7 nitrogen and oxygen atoms in total. The molecule has 0 aliphatic carbocycles. The molecule has 2 rings (SSSR count). The largest absolute Gasteiger partial charge is 0.393 e. The first-order valence-electron chi connectivity index (χ1n) is 5.47. The summed E-state index contributed by atoms with van der Waals surface area (Å²) in [6, 6.07) is 1.15. The van der Waals surface area contributed by atoms with Crippen molar-refractivity contribution < 1.29 is 24.4 Å². The number of hydrogen-bond acceptors (Lipinski definition) is 6. The smallest absolute Gasteiger partial charge is 0.251 e. The third-order valence-corrected chi connectivity index (χ3v) is 3.44. The average molecular weight is 292 g/mol. The predicted molar refractivity (Wildman–Crippen MR) is 63.8 cm³/mol. The number of aliphatic hydroxyl groups excluding tert-OH is 3. The van der Waals surface area contributed by atoms with Gasteiger partial charge in [-0.2, -0.15) is 0 Å². The van der Waals surface area contributed by atoms with Gasteiger partial charge < -0.3 is 20.1 Å². The van der Waals surface area contributed by atoms with E-state index >= 15 is 0 Å². The maximum absolute atomic E-state index is 13.0. The first kappa shape index (κ1) is 14.3. The van der Waals surface area contributed by atoms with Crippen molar-refractivity contribution in [3.63, 3.8) is 0 Å². The summed E-state index contributed by atoms with van der Waals surface area (Å²) in [7, 11) is 0. The van der Waals surface area contributed by atoms with Crippen LogP contribution in [0.4, 0.5) is 4.39 Å². The Morgan fingerprint density at radius 2 is 2.26 bits per heavy atom. The molecule has 0 saturated carbocycles. The van der Waals surface area contributed by atoms with Crippen LogP contribution in [-0.2, 0) is 4.74 Å². The molecule has 4 atom stereocenters. The fraction of sp³-hybridized carbons (Fsp3) is 0.600. The van der Waals surface area contributed by atoms with Gasteiger partial charge in [-0.05, 0) is 12.2 Å². The van der Waals surface area contributed by atoms with Crippen LogP contribution in [0.5, 0.6) is 0 Å². The Labute approximate surface area is 111 Å². The molecule has 1 unspecified atom stereocenters. The van der Waals surface area contributed by atoms with Crippen LogP contribution < -0.4 is 5.56 Å². The summed E-state index contributed by atoms with van der Waals surface area (Å²) in [6.07, 6.45) is -3.03. The first-order valence-corrected chi connectivity index (χ1v) is 5.88. The van der Waals surface area contributed by atoms with Crippen molar-refractivity contribution in [2.24, 2.45) is 0 Å². The normalized spacial score (nSPS) is 34.6. The van der Waals surface area contributed by atoms with Crippen LogP contribution in [0, 0.1) is 4.77 Å². The minimum atomic E-state index is -1.89. The second-order valence-electron chi connectivity index (χ2n) is 4.32. The first-order chi connectivity index (χ1) is 8.95. The number of nitrogens with zero attached hydrogens (tertiary/aromatic N) is 1. The van der Waals surface area contributed by atoms with Crippen molar-refractivity contribution in [3.8, 4) is 0 Å². The summed E-state index contributed by atoms with van der Waals surface area (Å²) in [5, 5.41) is 28.8. The lowest BCUT2D eigenvalue weighted by molar-refractivity contribution is -0.138. The Bertz CT molecular complexity index is 570. The Morgan fingerprint density at radius 1 is 1.58 bits per heavy atom. The van der Waals surface area contributed by atoms with Crippen LogP contribution in [0.25, 0.3) is 0 Å². The van der Waals surface area contributed by atoms with E-state index in [1.165, 1.54) is 10.8 Å². The van der Waals surface area contributed by atoms with E-state index in [0.717, 1.165) is 6.07 Å². The highest BCUT2D eigenvalue weighted by molar-refractivity contribution is 7.71. The average Bonchev–Trinajstić information content (AvgIpc) is 2.64. The van der Waals surface area contributed by atoms with Gasteiger partial charge in [0, 0.05) is 12.3 Å². The number of ether oxygens (including phenoxy) is 1. The summed E-state index contributed by atoms with van der Waals surface area (Å²) in [5.41, 5.74) is -2.33. The van der Waals surface area contributed by atoms with Crippen LogP contribution in [0.3, 0.4) is 0 Å². The van der Waals surface area contributed by atoms with Crippen LogP contribution in [0.2, 0.25) is 0 Å². The van der Waals surface area contributed by atoms with E-state index in [0.29, 0.717) is 0 Å². The Kier molecular flexibility index (Phi) is 3.83. The molecule has 1 aromatic heterocycles. The Balaban J connectivity index is 2.42. The molecule has 0 amide bonds. The van der Waals surface area contributed by atoms with Crippen molar-refractivity contribution in [2.75, 3.05) is 13.3 Å². The van der Waals surface area contributed by atoms with Crippen molar-refractivity contribution in [3.05, 3.63) is 27.4 Å². The van der Waals surface area contributed by atoms with Crippen molar-refractivity contribution in [2.45, 2.75) is 24.0 Å². The third kappa shape index (κ3) is 2.23. The zero-order valence-corrected chi connectivity index (χ0v) is 10.5. The van der Waals surface area contributed by atoms with Gasteiger partial charge in [0.2, 0.25) is 0 Å². The minimum Gasteiger partial charge on any atom is -0.393 e. The summed E-state index contributed by atoms with van der Waals surface area (Å²) < 4.78 is 19.3. The summed E-state index contributed by atoms with van der Waals surface area (Å²) in [5.74, 6) is 0. The number of hydrogen-bond donors (Lipinski definition) is 4. The van der Waals surface area contributed by atoms with E-state index in [-0.39, 0.29) is 4.77 Å². The maximum atomic E-state index is 13.0. The lowest BCUT2D eigenvalue weighted by atomic mass is 9.98. The van der Waals surface area contributed by atoms with Gasteiger partial charge in [0.1, 0.15) is 18.9 Å². The predicted octanol–water partition coefficient (Wildman–Crippen LogP) is -1.14. The quantitative estimate of drug-likeness (QED) is 0.524. The van der Waals surface area contributed by atoms with Gasteiger partial charge in [0.15, 0.2) is 16.6 Å². The molecule has 19 heavy (non-hydrogen) atoms. The molecule has 0 aromatic carbocycles. The van der Waals surface area contributed by atoms with Crippen molar-refractivity contribution in [1.29, 1.82) is 0 Å². The molecule has 4 N–H and O–H groups in total. The molecule has 2 heterocycles. The number of rotatable bonds is 3. The number of H-pyrrole nitrogens is 1. The summed E-state index contributed by atoms with van der Waals surface area (Å²) >= 11 is 4.89. The molecule has 1 aliphatic rings. The minimum absolute atomic E-state index is 0.0450. The van der Waals surface area contributed by atoms with Gasteiger partial charge in [0.25, 0.3) is 5.56 Å². The van der Waals surface area contributed by atoms with E-state index in [1.54, 1.807) is 0 Å². The standard InChI is InChI=1S/C10H13FN2O5S/c11-3-10(4-14)7(17)6(16)8(18-10)13-2-1-5(15)12-9(13)19/h1-2,6-8,14,16-17H,3-4H2,(H,12,15,19)/t6-,7+,8?,10-/m1/s1. The molecule has 0 radical (unpaired) electrons. The van der Waals surface area contributed by atoms with E-state index in [4.69, 9.17) is 22.1 Å². The van der Waals surface area contributed by atoms with Gasteiger partial charge >= 0.3 is 0 Å². The van der Waals surface area contributed by atoms with E-state index < -0.39 is 42.9 Å². The number of nitrogens with one attached hydrogen (secondary N) is 1. The molecule has 0 spiro atoms. The molecule has 9 heteroatoms. The molecule has 1 aromatic rings. The highest BCUT2D eigenvalue weighted by Gasteiger charge is 2.55. The summed E-state index contributed by atoms with van der Waals surface area (Å²) in [6.45, 7) is -1.97. The van der Waals surface area contributed by atoms with Crippen molar-refractivity contribution in [1.82, 2.24) is 9.55 Å². The number of aliphatic hydroxyl groups is 3. The molecule has 106 valence electrons. The summed E-state index contributed by atoms with van der Waals surface area (Å²) in [4.78, 5) is 13.4. The Morgan fingerprint density at radius 3 is 2.74 bits per heavy atom. The molecule has 0 bridgehead atoms. The Hall–Kier alpha value is -1.13. The third-order valence-electron chi connectivity index (χ3n) is 3.13. The lowest BCUT2D eigenvalue weighted by Gasteiger charge is -2.26. The number of aromatic amines is 1. The van der Waals surface area contributed by atoms with Crippen molar-refractivity contribution >= 4 is 12.2 Å². The molecule has 1 aliphatic heterocycles. The monoisotopic (exact) mass is 292 g/mol. The number of aromatic nitrogens is 2. The van der Waals surface area contributed by atoms with Crippen LogP contribution in [0.1, 0.15) is 6.23 Å². The fourth-order valence-corrected chi connectivity index (χ4v) is 2.25. The molecular weight excluding hydrogens is 279 g/mol. The van der Waals surface area contributed by atoms with Gasteiger partial charge in [-0.25, -0.2) is 4.39 Å². The van der Waals surface area contributed by atoms with Gasteiger partial charge in [-0.3, -0.25) is 14.3 Å². The SMILES string of the molecule is O=c1ccn(C2O[C@@](CO)(CF)[C@@H](O)[C@H]2O)c(=S)[nH]1. The number of alkyl halides is 1. The molecule has 1 saturated heterocycles. The zero-order valence-electron chi connectivity index (χ0n) is 9.69. The van der Waals surface area contributed by atoms with Crippen LogP contribution in [0.15, 0.2) is 17.1 Å². The highest BCUT2D eigenvalue weighted by Crippen LogP contribution is 2.37. The van der Waals surface area contributed by atoms with E-state index in [1.807, 2.05) is 0 Å². The van der Waals surface area contributed by atoms with Gasteiger partial charge in [0.05, 0.1) is 6.61 Å². The van der Waals surface area contributed by atoms with E-state index in [2.05, 4.69) is 4.98 Å². The lowest BCUT2D eigenvalue weighted by Crippen LogP contribution is -2.48. The molecular formula is C10H13FN2O5S. The fourth-order valence-electron chi connectivity index (χ4n) is 1.98. The van der Waals surface area contributed by atoms with Crippen LogP contribution in [-0.4, -0.2) is 56.0 Å². The second kappa shape index (κ2) is 5.10. The topological polar surface area (TPSA) is 108 Å². The van der Waals surface area contributed by atoms with Crippen LogP contribution >= 0.6 is 12.2 Å². The molecule has 1 fully saturated rings. The zero-order chi connectivity index (χ0) is 14.2. The van der Waals surface area contributed by atoms with E-state index in [9.17, 15) is 19.4 Å². The van der Waals surface area contributed by atoms with Gasteiger partial charge in [-0.1, -0.05) is 0 Å².